The van der Waals surface area contributed by atoms with E-state index in [4.69, 9.17) is 22.1 Å². The molecular weight excluding hydrogens is 260 g/mol. The molecule has 0 aromatic heterocycles. The van der Waals surface area contributed by atoms with Crippen molar-refractivity contribution >= 4 is 17.3 Å². The number of morpholine rings is 1. The van der Waals surface area contributed by atoms with Gasteiger partial charge in [0.15, 0.2) is 0 Å². The van der Waals surface area contributed by atoms with Crippen LogP contribution >= 0.6 is 11.6 Å². The van der Waals surface area contributed by atoms with E-state index in [1.54, 1.807) is 0 Å². The third-order valence-corrected chi connectivity index (χ3v) is 4.54. The maximum atomic E-state index is 6.07. The van der Waals surface area contributed by atoms with Gasteiger partial charge in [-0.2, -0.15) is 0 Å². The lowest BCUT2D eigenvalue weighted by atomic mass is 9.89. The van der Waals surface area contributed by atoms with Crippen molar-refractivity contribution in [3.8, 4) is 0 Å². The highest BCUT2D eigenvalue weighted by Crippen LogP contribution is 2.34. The highest BCUT2D eigenvalue weighted by Gasteiger charge is 2.34. The molecule has 3 nitrogen and oxygen atoms in total. The van der Waals surface area contributed by atoms with Crippen LogP contribution in [0.25, 0.3) is 0 Å². The summed E-state index contributed by atoms with van der Waals surface area (Å²) < 4.78 is 5.93. The van der Waals surface area contributed by atoms with Gasteiger partial charge in [-0.15, -0.1) is 0 Å². The van der Waals surface area contributed by atoms with Crippen LogP contribution in [-0.2, 0) is 11.3 Å². The third kappa shape index (κ3) is 2.60. The van der Waals surface area contributed by atoms with Gasteiger partial charge in [-0.3, -0.25) is 0 Å². The number of halogens is 1. The zero-order chi connectivity index (χ0) is 13.2. The Morgan fingerprint density at radius 1 is 1.32 bits per heavy atom. The van der Waals surface area contributed by atoms with Crippen molar-refractivity contribution < 1.29 is 4.74 Å². The van der Waals surface area contributed by atoms with E-state index >= 15 is 0 Å². The topological polar surface area (TPSA) is 38.5 Å². The number of anilines is 1. The van der Waals surface area contributed by atoms with E-state index in [0.29, 0.717) is 18.7 Å². The van der Waals surface area contributed by atoms with E-state index in [0.717, 1.165) is 23.7 Å². The first-order valence-electron chi connectivity index (χ1n) is 7.16. The molecule has 1 aliphatic heterocycles. The maximum absolute atomic E-state index is 6.07. The summed E-state index contributed by atoms with van der Waals surface area (Å²) in [6.07, 6.45) is 5.39. The van der Waals surface area contributed by atoms with Gasteiger partial charge in [-0.1, -0.05) is 24.4 Å². The molecule has 1 aromatic rings. The summed E-state index contributed by atoms with van der Waals surface area (Å²) in [5, 5.41) is 0.762. The van der Waals surface area contributed by atoms with Crippen LogP contribution in [-0.4, -0.2) is 25.3 Å². The number of ether oxygens (including phenoxy) is 1. The summed E-state index contributed by atoms with van der Waals surface area (Å²) in [6, 6.07) is 6.57. The number of fused-ring (bicyclic) bond motifs is 1. The summed E-state index contributed by atoms with van der Waals surface area (Å²) in [5.74, 6) is 0. The predicted molar refractivity (Wildman–Crippen MR) is 78.7 cm³/mol. The molecule has 104 valence electrons. The number of rotatable bonds is 2. The Hall–Kier alpha value is -0.770. The van der Waals surface area contributed by atoms with E-state index in [-0.39, 0.29) is 0 Å². The van der Waals surface area contributed by atoms with Gasteiger partial charge in [0.2, 0.25) is 0 Å². The zero-order valence-corrected chi connectivity index (χ0v) is 11.9. The molecule has 0 spiro atoms. The Bertz CT molecular complexity index is 450. The number of hydrogen-bond donors (Lipinski definition) is 1. The number of benzene rings is 1. The monoisotopic (exact) mass is 280 g/mol. The van der Waals surface area contributed by atoms with Crippen LogP contribution in [0.3, 0.4) is 0 Å². The molecule has 1 saturated carbocycles. The minimum atomic E-state index is 0.392. The van der Waals surface area contributed by atoms with Gasteiger partial charge < -0.3 is 15.4 Å². The van der Waals surface area contributed by atoms with Crippen molar-refractivity contribution in [3.05, 3.63) is 28.8 Å². The fourth-order valence-corrected chi connectivity index (χ4v) is 3.59. The van der Waals surface area contributed by atoms with Crippen molar-refractivity contribution in [1.29, 1.82) is 0 Å². The lowest BCUT2D eigenvalue weighted by Gasteiger charge is -2.45. The van der Waals surface area contributed by atoms with Gasteiger partial charge in [-0.05, 0) is 36.6 Å². The Labute approximate surface area is 119 Å². The molecule has 2 aliphatic rings. The number of hydrogen-bond acceptors (Lipinski definition) is 3. The second kappa shape index (κ2) is 5.70. The molecule has 0 amide bonds. The summed E-state index contributed by atoms with van der Waals surface area (Å²) in [4.78, 5) is 2.49. The average molecular weight is 281 g/mol. The molecule has 2 fully saturated rings. The van der Waals surface area contributed by atoms with Crippen LogP contribution in [0.2, 0.25) is 5.02 Å². The summed E-state index contributed by atoms with van der Waals surface area (Å²) in [6.45, 7) is 2.30. The van der Waals surface area contributed by atoms with Crippen molar-refractivity contribution in [2.45, 2.75) is 44.4 Å². The summed E-state index contributed by atoms with van der Waals surface area (Å²) in [5.41, 5.74) is 8.26. The Kier molecular flexibility index (Phi) is 3.96. The van der Waals surface area contributed by atoms with E-state index in [2.05, 4.69) is 11.0 Å². The first-order chi connectivity index (χ1) is 9.29. The van der Waals surface area contributed by atoms with E-state index in [1.807, 2.05) is 12.1 Å². The molecule has 2 N–H and O–H groups in total. The molecule has 1 saturated heterocycles. The largest absolute Gasteiger partial charge is 0.374 e. The van der Waals surface area contributed by atoms with E-state index in [9.17, 15) is 0 Å². The minimum Gasteiger partial charge on any atom is -0.374 e. The highest BCUT2D eigenvalue weighted by molar-refractivity contribution is 6.30. The molecule has 0 bridgehead atoms. The second-order valence-corrected chi connectivity index (χ2v) is 5.87. The standard InChI is InChI=1S/C15H21ClN2O/c16-12-5-6-13(11(9-12)10-17)18-7-8-19-15-4-2-1-3-14(15)18/h5-6,9,14-15H,1-4,7-8,10,17H2. The summed E-state index contributed by atoms with van der Waals surface area (Å²) >= 11 is 6.07. The summed E-state index contributed by atoms with van der Waals surface area (Å²) in [7, 11) is 0. The molecule has 1 heterocycles. The number of nitrogens with zero attached hydrogens (tertiary/aromatic N) is 1. The first kappa shape index (κ1) is 13.2. The van der Waals surface area contributed by atoms with Crippen LogP contribution in [0.5, 0.6) is 0 Å². The molecular formula is C15H21ClN2O. The Balaban J connectivity index is 1.91. The van der Waals surface area contributed by atoms with E-state index in [1.165, 1.54) is 31.4 Å². The average Bonchev–Trinajstić information content (AvgIpc) is 2.46. The number of nitrogens with two attached hydrogens (primary N) is 1. The van der Waals surface area contributed by atoms with Gasteiger partial charge >= 0.3 is 0 Å². The maximum Gasteiger partial charge on any atom is 0.0779 e. The lowest BCUT2D eigenvalue weighted by Crippen LogP contribution is -2.53. The van der Waals surface area contributed by atoms with Gasteiger partial charge in [0.05, 0.1) is 18.8 Å². The zero-order valence-electron chi connectivity index (χ0n) is 11.1. The van der Waals surface area contributed by atoms with Gasteiger partial charge in [0.1, 0.15) is 0 Å². The lowest BCUT2D eigenvalue weighted by molar-refractivity contribution is -0.00873. The van der Waals surface area contributed by atoms with E-state index < -0.39 is 0 Å². The van der Waals surface area contributed by atoms with Gasteiger partial charge in [-0.25, -0.2) is 0 Å². The molecule has 1 aromatic carbocycles. The second-order valence-electron chi connectivity index (χ2n) is 5.43. The fraction of sp³-hybridized carbons (Fsp3) is 0.600. The molecule has 1 aliphatic carbocycles. The predicted octanol–water partition coefficient (Wildman–Crippen LogP) is 2.95. The van der Waals surface area contributed by atoms with Crippen LogP contribution in [0.4, 0.5) is 5.69 Å². The van der Waals surface area contributed by atoms with Crippen LogP contribution < -0.4 is 10.6 Å². The quantitative estimate of drug-likeness (QED) is 0.905. The Morgan fingerprint density at radius 3 is 3.00 bits per heavy atom. The molecule has 4 heteroatoms. The SMILES string of the molecule is NCc1cc(Cl)ccc1N1CCOC2CCCCC21. The van der Waals surface area contributed by atoms with Crippen LogP contribution in [0, 0.1) is 0 Å². The first-order valence-corrected chi connectivity index (χ1v) is 7.54. The van der Waals surface area contributed by atoms with Crippen LogP contribution in [0.1, 0.15) is 31.2 Å². The third-order valence-electron chi connectivity index (χ3n) is 4.30. The minimum absolute atomic E-state index is 0.392. The normalized spacial score (nSPS) is 27.2. The smallest absolute Gasteiger partial charge is 0.0779 e. The molecule has 2 unspecified atom stereocenters. The van der Waals surface area contributed by atoms with Crippen LogP contribution in [0.15, 0.2) is 18.2 Å². The van der Waals surface area contributed by atoms with Gasteiger partial charge in [0, 0.05) is 23.8 Å². The Morgan fingerprint density at radius 2 is 2.16 bits per heavy atom. The molecule has 2 atom stereocenters. The molecule has 19 heavy (non-hydrogen) atoms. The highest BCUT2D eigenvalue weighted by atomic mass is 35.5. The molecule has 3 rings (SSSR count). The van der Waals surface area contributed by atoms with Crippen molar-refractivity contribution in [1.82, 2.24) is 0 Å². The molecule has 0 radical (unpaired) electrons. The van der Waals surface area contributed by atoms with Crippen molar-refractivity contribution in [2.75, 3.05) is 18.1 Å². The van der Waals surface area contributed by atoms with Crippen molar-refractivity contribution in [2.24, 2.45) is 5.73 Å². The fourth-order valence-electron chi connectivity index (χ4n) is 3.39. The van der Waals surface area contributed by atoms with Gasteiger partial charge in [0.25, 0.3) is 0 Å². The van der Waals surface area contributed by atoms with Crippen molar-refractivity contribution in [3.63, 3.8) is 0 Å².